The molecule has 19 heavy (non-hydrogen) atoms. The fraction of sp³-hybridized carbons (Fsp3) is 0.533. The molecule has 0 bridgehead atoms. The number of anilines is 1. The Morgan fingerprint density at radius 3 is 2.79 bits per heavy atom. The molecule has 0 radical (unpaired) electrons. The summed E-state index contributed by atoms with van der Waals surface area (Å²) in [5.41, 5.74) is 3.64. The minimum Gasteiger partial charge on any atom is -0.481 e. The van der Waals surface area contributed by atoms with Crippen molar-refractivity contribution in [2.75, 3.05) is 24.5 Å². The molecule has 1 aromatic carbocycles. The number of hydrogen-bond acceptors (Lipinski definition) is 3. The van der Waals surface area contributed by atoms with Crippen LogP contribution in [0.2, 0.25) is 0 Å². The molecule has 4 heteroatoms. The van der Waals surface area contributed by atoms with Crippen LogP contribution in [-0.2, 0) is 4.79 Å². The van der Waals surface area contributed by atoms with Crippen LogP contribution in [0.15, 0.2) is 18.2 Å². The number of carboxylic acid groups (broad SMARTS) is 1. The molecule has 1 aliphatic rings. The second kappa shape index (κ2) is 5.61. The Labute approximate surface area is 114 Å². The van der Waals surface area contributed by atoms with Crippen LogP contribution in [0.3, 0.4) is 0 Å². The lowest BCUT2D eigenvalue weighted by Gasteiger charge is -2.28. The molecule has 104 valence electrons. The molecule has 2 rings (SSSR count). The van der Waals surface area contributed by atoms with Gasteiger partial charge in [-0.3, -0.25) is 4.79 Å². The maximum atomic E-state index is 11.3. The maximum absolute atomic E-state index is 11.3. The van der Waals surface area contributed by atoms with Crippen molar-refractivity contribution in [1.29, 1.82) is 0 Å². The van der Waals surface area contributed by atoms with Crippen molar-refractivity contribution in [1.82, 2.24) is 5.32 Å². The highest BCUT2D eigenvalue weighted by Crippen LogP contribution is 2.24. The van der Waals surface area contributed by atoms with E-state index in [-0.39, 0.29) is 5.92 Å². The van der Waals surface area contributed by atoms with Gasteiger partial charge in [-0.15, -0.1) is 0 Å². The molecule has 1 aromatic rings. The molecule has 0 aromatic heterocycles. The number of nitrogens with zero attached hydrogens (tertiary/aromatic N) is 1. The minimum atomic E-state index is -0.725. The lowest BCUT2D eigenvalue weighted by molar-refractivity contribution is -0.141. The largest absolute Gasteiger partial charge is 0.481 e. The first-order chi connectivity index (χ1) is 8.99. The fourth-order valence-electron chi connectivity index (χ4n) is 2.58. The summed E-state index contributed by atoms with van der Waals surface area (Å²) in [5.74, 6) is -1.08. The third kappa shape index (κ3) is 3.07. The molecule has 0 amide bonds. The number of benzene rings is 1. The van der Waals surface area contributed by atoms with Crippen LogP contribution in [0.4, 0.5) is 5.69 Å². The summed E-state index contributed by atoms with van der Waals surface area (Å²) in [6.07, 6.45) is 0. The van der Waals surface area contributed by atoms with Gasteiger partial charge < -0.3 is 15.3 Å². The van der Waals surface area contributed by atoms with E-state index in [1.165, 1.54) is 11.1 Å². The van der Waals surface area contributed by atoms with E-state index >= 15 is 0 Å². The predicted molar refractivity (Wildman–Crippen MR) is 76.7 cm³/mol. The highest BCUT2D eigenvalue weighted by molar-refractivity contribution is 5.72. The zero-order valence-corrected chi connectivity index (χ0v) is 11.8. The maximum Gasteiger partial charge on any atom is 0.309 e. The first-order valence-electron chi connectivity index (χ1n) is 6.76. The van der Waals surface area contributed by atoms with Gasteiger partial charge in [-0.2, -0.15) is 0 Å². The standard InChI is InChI=1S/C15H22N2O2/c1-10-5-4-6-14(12(10)3)17-8-11(2)16-7-13(9-17)15(18)19/h4-6,11,13,16H,7-9H2,1-3H3,(H,18,19). The monoisotopic (exact) mass is 262 g/mol. The van der Waals surface area contributed by atoms with E-state index in [0.717, 1.165) is 12.2 Å². The van der Waals surface area contributed by atoms with Gasteiger partial charge in [-0.1, -0.05) is 12.1 Å². The van der Waals surface area contributed by atoms with Gasteiger partial charge in [0.05, 0.1) is 5.92 Å². The Bertz CT molecular complexity index is 473. The first kappa shape index (κ1) is 13.9. The van der Waals surface area contributed by atoms with E-state index in [0.29, 0.717) is 19.1 Å². The Morgan fingerprint density at radius 2 is 2.11 bits per heavy atom. The Balaban J connectivity index is 2.30. The molecule has 0 saturated carbocycles. The third-order valence-electron chi connectivity index (χ3n) is 3.91. The zero-order chi connectivity index (χ0) is 14.0. The average Bonchev–Trinajstić information content (AvgIpc) is 2.55. The number of aliphatic carboxylic acids is 1. The molecule has 0 spiro atoms. The lowest BCUT2D eigenvalue weighted by Crippen LogP contribution is -2.35. The van der Waals surface area contributed by atoms with Crippen LogP contribution in [0.1, 0.15) is 18.1 Å². The molecule has 1 aliphatic heterocycles. The molecule has 4 nitrogen and oxygen atoms in total. The molecular formula is C15H22N2O2. The normalized spacial score (nSPS) is 24.1. The Hall–Kier alpha value is -1.55. The molecule has 1 fully saturated rings. The van der Waals surface area contributed by atoms with Crippen LogP contribution in [0.5, 0.6) is 0 Å². The second-order valence-electron chi connectivity index (χ2n) is 5.47. The summed E-state index contributed by atoms with van der Waals surface area (Å²) >= 11 is 0. The average molecular weight is 262 g/mol. The summed E-state index contributed by atoms with van der Waals surface area (Å²) in [6, 6.07) is 6.51. The molecule has 1 heterocycles. The van der Waals surface area contributed by atoms with Gasteiger partial charge in [0, 0.05) is 31.4 Å². The molecule has 1 saturated heterocycles. The highest BCUT2D eigenvalue weighted by Gasteiger charge is 2.27. The second-order valence-corrected chi connectivity index (χ2v) is 5.47. The van der Waals surface area contributed by atoms with Crippen LogP contribution in [0.25, 0.3) is 0 Å². The summed E-state index contributed by atoms with van der Waals surface area (Å²) in [4.78, 5) is 13.5. The van der Waals surface area contributed by atoms with E-state index in [9.17, 15) is 9.90 Å². The third-order valence-corrected chi connectivity index (χ3v) is 3.91. The first-order valence-corrected chi connectivity index (χ1v) is 6.76. The summed E-state index contributed by atoms with van der Waals surface area (Å²) in [5, 5.41) is 12.6. The van der Waals surface area contributed by atoms with E-state index in [2.05, 4.69) is 43.1 Å². The van der Waals surface area contributed by atoms with Crippen molar-refractivity contribution < 1.29 is 9.90 Å². The van der Waals surface area contributed by atoms with E-state index in [4.69, 9.17) is 0 Å². The van der Waals surface area contributed by atoms with E-state index in [1.54, 1.807) is 0 Å². The number of carboxylic acids is 1. The molecule has 2 atom stereocenters. The van der Waals surface area contributed by atoms with Crippen molar-refractivity contribution >= 4 is 11.7 Å². The van der Waals surface area contributed by atoms with Gasteiger partial charge in [0.15, 0.2) is 0 Å². The fourth-order valence-corrected chi connectivity index (χ4v) is 2.58. The SMILES string of the molecule is Cc1cccc(N2CC(C)NCC(C(=O)O)C2)c1C. The lowest BCUT2D eigenvalue weighted by atomic mass is 10.1. The van der Waals surface area contributed by atoms with Gasteiger partial charge in [-0.25, -0.2) is 0 Å². The summed E-state index contributed by atoms with van der Waals surface area (Å²) in [6.45, 7) is 8.24. The minimum absolute atomic E-state index is 0.296. The topological polar surface area (TPSA) is 52.6 Å². The van der Waals surface area contributed by atoms with E-state index in [1.807, 2.05) is 6.07 Å². The Morgan fingerprint density at radius 1 is 1.37 bits per heavy atom. The van der Waals surface area contributed by atoms with Gasteiger partial charge in [0.1, 0.15) is 0 Å². The van der Waals surface area contributed by atoms with Crippen LogP contribution < -0.4 is 10.2 Å². The van der Waals surface area contributed by atoms with Crippen molar-refractivity contribution in [2.45, 2.75) is 26.8 Å². The van der Waals surface area contributed by atoms with Gasteiger partial charge in [0.25, 0.3) is 0 Å². The van der Waals surface area contributed by atoms with Crippen molar-refractivity contribution in [3.05, 3.63) is 29.3 Å². The number of nitrogens with one attached hydrogen (secondary N) is 1. The summed E-state index contributed by atoms with van der Waals surface area (Å²) in [7, 11) is 0. The molecule has 2 N–H and O–H groups in total. The smallest absolute Gasteiger partial charge is 0.309 e. The highest BCUT2D eigenvalue weighted by atomic mass is 16.4. The zero-order valence-electron chi connectivity index (χ0n) is 11.8. The van der Waals surface area contributed by atoms with Crippen molar-refractivity contribution in [3.8, 4) is 0 Å². The number of hydrogen-bond donors (Lipinski definition) is 2. The van der Waals surface area contributed by atoms with Crippen LogP contribution in [-0.4, -0.2) is 36.8 Å². The van der Waals surface area contributed by atoms with Crippen LogP contribution in [0, 0.1) is 19.8 Å². The van der Waals surface area contributed by atoms with Gasteiger partial charge >= 0.3 is 5.97 Å². The summed E-state index contributed by atoms with van der Waals surface area (Å²) < 4.78 is 0. The van der Waals surface area contributed by atoms with Gasteiger partial charge in [0.2, 0.25) is 0 Å². The number of carbonyl (C=O) groups is 1. The van der Waals surface area contributed by atoms with Gasteiger partial charge in [-0.05, 0) is 38.0 Å². The van der Waals surface area contributed by atoms with Crippen molar-refractivity contribution in [2.24, 2.45) is 5.92 Å². The number of aryl methyl sites for hydroxylation is 1. The molecule has 2 unspecified atom stereocenters. The predicted octanol–water partition coefficient (Wildman–Crippen LogP) is 1.80. The quantitative estimate of drug-likeness (QED) is 0.853. The van der Waals surface area contributed by atoms with Crippen LogP contribution >= 0.6 is 0 Å². The number of rotatable bonds is 2. The molecular weight excluding hydrogens is 240 g/mol. The van der Waals surface area contributed by atoms with Crippen molar-refractivity contribution in [3.63, 3.8) is 0 Å². The molecule has 0 aliphatic carbocycles. The van der Waals surface area contributed by atoms with E-state index < -0.39 is 5.97 Å². The Kier molecular flexibility index (Phi) is 4.10.